The first-order chi connectivity index (χ1) is 7.60. The summed E-state index contributed by atoms with van der Waals surface area (Å²) in [5.74, 6) is 3.63. The molecule has 1 aliphatic carbocycles. The van der Waals surface area contributed by atoms with Gasteiger partial charge in [-0.25, -0.2) is 0 Å². The van der Waals surface area contributed by atoms with E-state index < -0.39 is 0 Å². The Hall–Kier alpha value is -0.0400. The SMILES string of the molecule is CCC(C)C(NC)C1CCC(C(C)C)CC1. The monoisotopic (exact) mass is 225 g/mol. The van der Waals surface area contributed by atoms with Crippen molar-refractivity contribution in [1.82, 2.24) is 5.32 Å². The average Bonchev–Trinajstić information content (AvgIpc) is 2.30. The van der Waals surface area contributed by atoms with Crippen LogP contribution in [-0.2, 0) is 0 Å². The van der Waals surface area contributed by atoms with Crippen LogP contribution in [0.4, 0.5) is 0 Å². The average molecular weight is 225 g/mol. The minimum Gasteiger partial charge on any atom is -0.316 e. The van der Waals surface area contributed by atoms with E-state index in [2.05, 4.69) is 40.1 Å². The predicted octanol–water partition coefficient (Wildman–Crippen LogP) is 4.08. The molecule has 0 aromatic heterocycles. The van der Waals surface area contributed by atoms with Gasteiger partial charge in [-0.3, -0.25) is 0 Å². The lowest BCUT2D eigenvalue weighted by atomic mass is 9.72. The summed E-state index contributed by atoms with van der Waals surface area (Å²) in [6, 6.07) is 0.748. The smallest absolute Gasteiger partial charge is 0.0118 e. The summed E-state index contributed by atoms with van der Waals surface area (Å²) in [6.07, 6.45) is 7.10. The van der Waals surface area contributed by atoms with E-state index in [0.29, 0.717) is 0 Å². The lowest BCUT2D eigenvalue weighted by Gasteiger charge is -2.37. The predicted molar refractivity (Wildman–Crippen MR) is 72.6 cm³/mol. The van der Waals surface area contributed by atoms with Crippen LogP contribution in [0.2, 0.25) is 0 Å². The van der Waals surface area contributed by atoms with Crippen molar-refractivity contribution in [1.29, 1.82) is 0 Å². The van der Waals surface area contributed by atoms with Crippen LogP contribution in [0.15, 0.2) is 0 Å². The Bertz CT molecular complexity index is 180. The zero-order valence-electron chi connectivity index (χ0n) is 11.9. The summed E-state index contributed by atoms with van der Waals surface area (Å²) in [5, 5.41) is 3.57. The summed E-state index contributed by atoms with van der Waals surface area (Å²) >= 11 is 0. The molecule has 96 valence electrons. The third kappa shape index (κ3) is 3.48. The van der Waals surface area contributed by atoms with Crippen LogP contribution in [0.25, 0.3) is 0 Å². The molecule has 0 bridgehead atoms. The van der Waals surface area contributed by atoms with E-state index in [1.165, 1.54) is 32.1 Å². The normalized spacial score (nSPS) is 30.4. The molecule has 2 atom stereocenters. The largest absolute Gasteiger partial charge is 0.316 e. The summed E-state index contributed by atoms with van der Waals surface area (Å²) in [4.78, 5) is 0. The van der Waals surface area contributed by atoms with Crippen LogP contribution in [0.3, 0.4) is 0 Å². The Balaban J connectivity index is 2.45. The van der Waals surface area contributed by atoms with E-state index in [4.69, 9.17) is 0 Å². The second-order valence-electron chi connectivity index (χ2n) is 6.12. The van der Waals surface area contributed by atoms with Crippen LogP contribution in [0.5, 0.6) is 0 Å². The minimum atomic E-state index is 0.748. The summed E-state index contributed by atoms with van der Waals surface area (Å²) in [5.41, 5.74) is 0. The highest BCUT2D eigenvalue weighted by atomic mass is 14.9. The van der Waals surface area contributed by atoms with Crippen molar-refractivity contribution in [3.63, 3.8) is 0 Å². The molecule has 0 aliphatic heterocycles. The molecule has 1 aliphatic rings. The fourth-order valence-electron chi connectivity index (χ4n) is 3.41. The summed E-state index contributed by atoms with van der Waals surface area (Å²) in [6.45, 7) is 9.48. The van der Waals surface area contributed by atoms with Crippen molar-refractivity contribution in [2.75, 3.05) is 7.05 Å². The number of hydrogen-bond donors (Lipinski definition) is 1. The van der Waals surface area contributed by atoms with Crippen LogP contribution in [0, 0.1) is 23.7 Å². The van der Waals surface area contributed by atoms with Crippen LogP contribution >= 0.6 is 0 Å². The molecule has 1 N–H and O–H groups in total. The van der Waals surface area contributed by atoms with E-state index in [9.17, 15) is 0 Å². The Morgan fingerprint density at radius 1 is 1.00 bits per heavy atom. The van der Waals surface area contributed by atoms with E-state index in [-0.39, 0.29) is 0 Å². The van der Waals surface area contributed by atoms with Crippen molar-refractivity contribution in [3.05, 3.63) is 0 Å². The number of rotatable bonds is 5. The highest BCUT2D eigenvalue weighted by molar-refractivity contribution is 4.84. The van der Waals surface area contributed by atoms with Gasteiger partial charge in [-0.05, 0) is 56.4 Å². The highest BCUT2D eigenvalue weighted by Gasteiger charge is 2.30. The van der Waals surface area contributed by atoms with Gasteiger partial charge >= 0.3 is 0 Å². The third-order valence-corrected chi connectivity index (χ3v) is 4.86. The van der Waals surface area contributed by atoms with Gasteiger partial charge in [-0.1, -0.05) is 34.1 Å². The second kappa shape index (κ2) is 6.64. The van der Waals surface area contributed by atoms with E-state index >= 15 is 0 Å². The van der Waals surface area contributed by atoms with Crippen molar-refractivity contribution in [2.24, 2.45) is 23.7 Å². The molecular formula is C15H31N. The van der Waals surface area contributed by atoms with Gasteiger partial charge in [0.05, 0.1) is 0 Å². The first-order valence-electron chi connectivity index (χ1n) is 7.27. The van der Waals surface area contributed by atoms with Gasteiger partial charge in [0, 0.05) is 6.04 Å². The fraction of sp³-hybridized carbons (Fsp3) is 1.00. The lowest BCUT2D eigenvalue weighted by molar-refractivity contribution is 0.165. The Labute approximate surface area is 102 Å². The Morgan fingerprint density at radius 3 is 1.88 bits per heavy atom. The van der Waals surface area contributed by atoms with Gasteiger partial charge in [-0.2, -0.15) is 0 Å². The van der Waals surface area contributed by atoms with Gasteiger partial charge in [0.2, 0.25) is 0 Å². The van der Waals surface area contributed by atoms with E-state index in [0.717, 1.165) is 29.7 Å². The van der Waals surface area contributed by atoms with Crippen LogP contribution in [0.1, 0.15) is 59.8 Å². The molecule has 0 aromatic carbocycles. The molecule has 1 rings (SSSR count). The first-order valence-corrected chi connectivity index (χ1v) is 7.27. The van der Waals surface area contributed by atoms with Crippen molar-refractivity contribution in [2.45, 2.75) is 65.8 Å². The maximum atomic E-state index is 3.57. The molecule has 1 nitrogen and oxygen atoms in total. The van der Waals surface area contributed by atoms with Gasteiger partial charge in [0.25, 0.3) is 0 Å². The van der Waals surface area contributed by atoms with Crippen molar-refractivity contribution < 1.29 is 0 Å². The third-order valence-electron chi connectivity index (χ3n) is 4.86. The number of hydrogen-bond acceptors (Lipinski definition) is 1. The standard InChI is InChI=1S/C15H31N/c1-6-12(4)15(16-5)14-9-7-13(8-10-14)11(2)3/h11-16H,6-10H2,1-5H3. The van der Waals surface area contributed by atoms with Gasteiger partial charge < -0.3 is 5.32 Å². The molecule has 0 aromatic rings. The van der Waals surface area contributed by atoms with E-state index in [1.807, 2.05) is 0 Å². The maximum absolute atomic E-state index is 3.57. The molecule has 0 saturated heterocycles. The Kier molecular flexibility index (Phi) is 5.82. The molecule has 0 amide bonds. The van der Waals surface area contributed by atoms with Gasteiger partial charge in [-0.15, -0.1) is 0 Å². The zero-order valence-corrected chi connectivity index (χ0v) is 11.9. The highest BCUT2D eigenvalue weighted by Crippen LogP contribution is 2.36. The second-order valence-corrected chi connectivity index (χ2v) is 6.12. The fourth-order valence-corrected chi connectivity index (χ4v) is 3.41. The Morgan fingerprint density at radius 2 is 1.50 bits per heavy atom. The quantitative estimate of drug-likeness (QED) is 0.743. The molecule has 0 heterocycles. The molecular weight excluding hydrogens is 194 g/mol. The molecule has 2 unspecified atom stereocenters. The maximum Gasteiger partial charge on any atom is 0.0118 e. The first kappa shape index (κ1) is 14.0. The van der Waals surface area contributed by atoms with Gasteiger partial charge in [0.1, 0.15) is 0 Å². The molecule has 16 heavy (non-hydrogen) atoms. The zero-order chi connectivity index (χ0) is 12.1. The minimum absolute atomic E-state index is 0.748. The topological polar surface area (TPSA) is 12.0 Å². The molecule has 1 heteroatoms. The summed E-state index contributed by atoms with van der Waals surface area (Å²) in [7, 11) is 2.14. The molecule has 1 saturated carbocycles. The molecule has 0 radical (unpaired) electrons. The molecule has 0 spiro atoms. The van der Waals surface area contributed by atoms with Gasteiger partial charge in [0.15, 0.2) is 0 Å². The van der Waals surface area contributed by atoms with Crippen molar-refractivity contribution >= 4 is 0 Å². The summed E-state index contributed by atoms with van der Waals surface area (Å²) < 4.78 is 0. The number of nitrogens with one attached hydrogen (secondary N) is 1. The van der Waals surface area contributed by atoms with Crippen LogP contribution < -0.4 is 5.32 Å². The lowest BCUT2D eigenvalue weighted by Crippen LogP contribution is -2.41. The molecule has 1 fully saturated rings. The van der Waals surface area contributed by atoms with Crippen LogP contribution in [-0.4, -0.2) is 13.1 Å². The van der Waals surface area contributed by atoms with E-state index in [1.54, 1.807) is 0 Å². The van der Waals surface area contributed by atoms with Crippen molar-refractivity contribution in [3.8, 4) is 0 Å².